The number of hydrogen-bond donors (Lipinski definition) is 0. The number of anilines is 8. The monoisotopic (exact) mass is 1120 g/mol. The van der Waals surface area contributed by atoms with Gasteiger partial charge in [0.05, 0.1) is 11.2 Å². The first kappa shape index (κ1) is 54.7. The zero-order valence-electron chi connectivity index (χ0n) is 53.8. The van der Waals surface area contributed by atoms with Crippen molar-refractivity contribution in [1.82, 2.24) is 0 Å². The van der Waals surface area contributed by atoms with Crippen LogP contribution in [0.15, 0.2) is 150 Å². The molecule has 5 heteroatoms. The highest BCUT2D eigenvalue weighted by Crippen LogP contribution is 2.63. The molecule has 6 aliphatic rings. The fraction of sp³-hybridized carbons (Fsp3) is 0.400. The average molecular weight is 1120 g/mol. The highest BCUT2D eigenvalue weighted by Gasteiger charge is 2.59. The van der Waals surface area contributed by atoms with Crippen molar-refractivity contribution in [2.24, 2.45) is 0 Å². The normalized spacial score (nSPS) is 22.1. The SMILES string of the molecule is CC(C)(C)c1ccc(N2c3cc4c(cc3B3c5cc6c(cc5N(c5ccc7c(c5)C(C)(C)CCC7(C)C)c5cc(N7c8ccc(C(C)(C)C)cc8C8(C)CCCCC78C)cc2c53)C(C)(C)CCC6(C)C)oc2ccccc24)c(-c2ccccc2)c1. The molecule has 4 heterocycles. The van der Waals surface area contributed by atoms with Gasteiger partial charge in [-0.1, -0.05) is 196 Å². The third-order valence-electron chi connectivity index (χ3n) is 23.0. The Kier molecular flexibility index (Phi) is 11.5. The van der Waals surface area contributed by atoms with Crippen LogP contribution in [0.25, 0.3) is 33.1 Å². The van der Waals surface area contributed by atoms with E-state index in [2.05, 4.69) is 271 Å². The number of hydrogen-bond acceptors (Lipinski definition) is 4. The zero-order valence-corrected chi connectivity index (χ0v) is 53.8. The van der Waals surface area contributed by atoms with Gasteiger partial charge in [0.2, 0.25) is 0 Å². The summed E-state index contributed by atoms with van der Waals surface area (Å²) >= 11 is 0. The summed E-state index contributed by atoms with van der Waals surface area (Å²) in [6.45, 7) is 39.3. The van der Waals surface area contributed by atoms with Gasteiger partial charge in [0.15, 0.2) is 0 Å². The van der Waals surface area contributed by atoms with E-state index in [-0.39, 0.29) is 50.2 Å². The molecule has 1 fully saturated rings. The van der Waals surface area contributed by atoms with Gasteiger partial charge in [0.25, 0.3) is 6.71 Å². The Morgan fingerprint density at radius 2 is 0.965 bits per heavy atom. The molecule has 0 radical (unpaired) electrons. The van der Waals surface area contributed by atoms with Gasteiger partial charge in [-0.3, -0.25) is 0 Å². The first-order valence-corrected chi connectivity index (χ1v) is 32.3. The highest BCUT2D eigenvalue weighted by atomic mass is 16.3. The molecule has 15 rings (SSSR count). The van der Waals surface area contributed by atoms with Crippen molar-refractivity contribution in [3.05, 3.63) is 185 Å². The van der Waals surface area contributed by atoms with Gasteiger partial charge in [-0.05, 0) is 206 Å². The third-order valence-corrected chi connectivity index (χ3v) is 23.0. The summed E-state index contributed by atoms with van der Waals surface area (Å²) in [6, 6.07) is 58.3. The lowest BCUT2D eigenvalue weighted by molar-refractivity contribution is 0.195. The fourth-order valence-corrected chi connectivity index (χ4v) is 17.3. The topological polar surface area (TPSA) is 22.9 Å². The molecule has 4 nitrogen and oxygen atoms in total. The van der Waals surface area contributed by atoms with Crippen molar-refractivity contribution in [3.63, 3.8) is 0 Å². The number of nitrogens with zero attached hydrogens (tertiary/aromatic N) is 3. The second-order valence-electron chi connectivity index (χ2n) is 32.2. The fourth-order valence-electron chi connectivity index (χ4n) is 17.3. The molecule has 2 atom stereocenters. The van der Waals surface area contributed by atoms with Crippen LogP contribution in [0.1, 0.15) is 201 Å². The van der Waals surface area contributed by atoms with Crippen LogP contribution in [0.3, 0.4) is 0 Å². The molecule has 0 amide bonds. The Balaban J connectivity index is 1.13. The van der Waals surface area contributed by atoms with Crippen molar-refractivity contribution in [2.75, 3.05) is 14.7 Å². The van der Waals surface area contributed by atoms with Crippen LogP contribution in [0, 0.1) is 0 Å². The van der Waals surface area contributed by atoms with Gasteiger partial charge in [0.1, 0.15) is 11.2 Å². The predicted molar refractivity (Wildman–Crippen MR) is 364 cm³/mol. The van der Waals surface area contributed by atoms with Crippen molar-refractivity contribution in [2.45, 2.75) is 206 Å². The summed E-state index contributed by atoms with van der Waals surface area (Å²) in [6.07, 6.45) is 9.32. The van der Waals surface area contributed by atoms with Gasteiger partial charge < -0.3 is 19.1 Å². The Morgan fingerprint density at radius 3 is 1.65 bits per heavy atom. The lowest BCUT2D eigenvalue weighted by Crippen LogP contribution is -2.62. The minimum Gasteiger partial charge on any atom is -0.456 e. The smallest absolute Gasteiger partial charge is 0.252 e. The molecule has 0 N–H and O–H groups in total. The quantitative estimate of drug-likeness (QED) is 0.164. The maximum Gasteiger partial charge on any atom is 0.252 e. The molecule has 3 aliphatic carbocycles. The summed E-state index contributed by atoms with van der Waals surface area (Å²) < 4.78 is 7.04. The first-order valence-electron chi connectivity index (χ1n) is 32.3. The van der Waals surface area contributed by atoms with Crippen molar-refractivity contribution in [1.29, 1.82) is 0 Å². The second kappa shape index (κ2) is 17.8. The third kappa shape index (κ3) is 7.85. The zero-order chi connectivity index (χ0) is 59.5. The Labute approximate surface area is 508 Å². The molecule has 85 heavy (non-hydrogen) atoms. The van der Waals surface area contributed by atoms with E-state index in [1.807, 2.05) is 0 Å². The van der Waals surface area contributed by atoms with Gasteiger partial charge >= 0.3 is 0 Å². The summed E-state index contributed by atoms with van der Waals surface area (Å²) in [5.41, 5.74) is 28.3. The first-order chi connectivity index (χ1) is 40.1. The van der Waals surface area contributed by atoms with Gasteiger partial charge in [0, 0.05) is 61.6 Å². The number of furan rings is 1. The van der Waals surface area contributed by atoms with E-state index in [9.17, 15) is 0 Å². The molecular weight excluding hydrogens is 1030 g/mol. The molecule has 2 unspecified atom stereocenters. The van der Waals surface area contributed by atoms with E-state index < -0.39 is 0 Å². The molecule has 1 aromatic heterocycles. The van der Waals surface area contributed by atoms with Crippen LogP contribution in [0.4, 0.5) is 45.5 Å². The van der Waals surface area contributed by atoms with Crippen LogP contribution in [-0.4, -0.2) is 12.3 Å². The minimum absolute atomic E-state index is 0.0110. The highest BCUT2D eigenvalue weighted by molar-refractivity contribution is 7.00. The lowest BCUT2D eigenvalue weighted by Gasteiger charge is -2.51. The average Bonchev–Trinajstić information content (AvgIpc) is 1.71. The van der Waals surface area contributed by atoms with E-state index >= 15 is 0 Å². The molecular formula is C80H88BN3O. The Hall–Kier alpha value is -6.98. The Morgan fingerprint density at radius 1 is 0.400 bits per heavy atom. The van der Waals surface area contributed by atoms with Crippen molar-refractivity contribution in [3.8, 4) is 11.1 Å². The maximum atomic E-state index is 7.04. The van der Waals surface area contributed by atoms with Crippen LogP contribution >= 0.6 is 0 Å². The maximum absolute atomic E-state index is 7.04. The lowest BCUT2D eigenvalue weighted by atomic mass is 9.33. The van der Waals surface area contributed by atoms with E-state index in [4.69, 9.17) is 4.42 Å². The van der Waals surface area contributed by atoms with E-state index in [1.165, 1.54) is 131 Å². The standard InChI is InChI=1S/C80H88BN3O/c1-73(2,3)50-28-32-64(55(40-50)49-24-18-17-19-25-49)83-66-45-56-54-26-20-21-27-70(54)85-71(56)48-63(66)81-62-46-59-60(78(13,14)39-38-77(59,11)12)47-67(62)82(52-30-31-57-58(42-52)76(9,10)37-36-75(57,7)8)68-43-53(44-69(83)72(68)81)84-65-33-29-51(74(4,5)6)41-61(65)79(15)34-22-23-35-80(79,84)16/h17-21,24-33,40-48H,22-23,34-39H2,1-16H3. The van der Waals surface area contributed by atoms with Gasteiger partial charge in [-0.2, -0.15) is 0 Å². The number of benzene rings is 8. The molecule has 432 valence electrons. The van der Waals surface area contributed by atoms with Crippen LogP contribution < -0.4 is 31.1 Å². The van der Waals surface area contributed by atoms with Crippen LogP contribution in [0.2, 0.25) is 0 Å². The molecule has 0 saturated heterocycles. The van der Waals surface area contributed by atoms with Crippen LogP contribution in [0.5, 0.6) is 0 Å². The molecule has 1 saturated carbocycles. The molecule has 3 aliphatic heterocycles. The largest absolute Gasteiger partial charge is 0.456 e. The molecule has 0 bridgehead atoms. The number of para-hydroxylation sites is 1. The molecule has 0 spiro atoms. The van der Waals surface area contributed by atoms with Crippen LogP contribution in [-0.2, 0) is 37.9 Å². The molecule has 9 aromatic rings. The second-order valence-corrected chi connectivity index (χ2v) is 32.2. The summed E-state index contributed by atoms with van der Waals surface area (Å²) in [7, 11) is 0. The van der Waals surface area contributed by atoms with Gasteiger partial charge in [-0.25, -0.2) is 0 Å². The van der Waals surface area contributed by atoms with E-state index in [0.717, 1.165) is 54.0 Å². The van der Waals surface area contributed by atoms with E-state index in [0.29, 0.717) is 0 Å². The Bertz CT molecular complexity index is 4290. The number of rotatable bonds is 4. The minimum atomic E-state index is -0.194. The molecule has 8 aromatic carbocycles. The predicted octanol–water partition coefficient (Wildman–Crippen LogP) is 20.4. The summed E-state index contributed by atoms with van der Waals surface area (Å²) in [5, 5.41) is 2.29. The van der Waals surface area contributed by atoms with Crippen molar-refractivity contribution < 1.29 is 4.42 Å². The number of fused-ring (bicyclic) bond motifs is 12. The summed E-state index contributed by atoms with van der Waals surface area (Å²) in [5.74, 6) is 0. The van der Waals surface area contributed by atoms with E-state index in [1.54, 1.807) is 0 Å². The van der Waals surface area contributed by atoms with Crippen molar-refractivity contribution >= 4 is 90.5 Å². The van der Waals surface area contributed by atoms with Gasteiger partial charge in [-0.15, -0.1) is 0 Å². The summed E-state index contributed by atoms with van der Waals surface area (Å²) in [4.78, 5) is 8.36.